The highest BCUT2D eigenvalue weighted by Gasteiger charge is 2.28. The van der Waals surface area contributed by atoms with Crippen LogP contribution in [0.1, 0.15) is 26.7 Å². The molecule has 1 unspecified atom stereocenters. The van der Waals surface area contributed by atoms with Gasteiger partial charge in [0.15, 0.2) is 0 Å². The van der Waals surface area contributed by atoms with Gasteiger partial charge in [0.25, 0.3) is 0 Å². The van der Waals surface area contributed by atoms with Gasteiger partial charge in [0.2, 0.25) is 0 Å². The van der Waals surface area contributed by atoms with Crippen molar-refractivity contribution in [1.82, 2.24) is 5.32 Å². The molecule has 2 nitrogen and oxygen atoms in total. The summed E-state index contributed by atoms with van der Waals surface area (Å²) < 4.78 is 0. The SMILES string of the molecule is CCCC(C)[C@@H]1CNC[C@H]1O. The minimum absolute atomic E-state index is 0.100. The van der Waals surface area contributed by atoms with Gasteiger partial charge in [0, 0.05) is 19.0 Å². The summed E-state index contributed by atoms with van der Waals surface area (Å²) in [6, 6.07) is 0. The fraction of sp³-hybridized carbons (Fsp3) is 1.00. The quantitative estimate of drug-likeness (QED) is 0.640. The molecule has 1 rings (SSSR count). The normalized spacial score (nSPS) is 34.1. The van der Waals surface area contributed by atoms with E-state index in [1.165, 1.54) is 12.8 Å². The molecule has 0 amide bonds. The number of nitrogens with one attached hydrogen (secondary N) is 1. The maximum absolute atomic E-state index is 9.52. The number of aliphatic hydroxyl groups excluding tert-OH is 1. The van der Waals surface area contributed by atoms with Crippen LogP contribution in [0, 0.1) is 11.8 Å². The van der Waals surface area contributed by atoms with Crippen molar-refractivity contribution in [1.29, 1.82) is 0 Å². The second kappa shape index (κ2) is 4.07. The Kier molecular flexibility index (Phi) is 3.34. The number of aliphatic hydroxyl groups is 1. The van der Waals surface area contributed by atoms with Gasteiger partial charge in [-0.05, 0) is 5.92 Å². The van der Waals surface area contributed by atoms with E-state index in [0.717, 1.165) is 13.1 Å². The third kappa shape index (κ3) is 2.17. The first-order valence-electron chi connectivity index (χ1n) is 4.64. The zero-order valence-corrected chi connectivity index (χ0v) is 7.51. The number of hydrogen-bond acceptors (Lipinski definition) is 2. The molecule has 0 aromatic heterocycles. The van der Waals surface area contributed by atoms with E-state index in [4.69, 9.17) is 0 Å². The molecule has 1 saturated heterocycles. The molecule has 3 atom stereocenters. The highest BCUT2D eigenvalue weighted by Crippen LogP contribution is 2.22. The van der Waals surface area contributed by atoms with Gasteiger partial charge in [0.1, 0.15) is 0 Å². The van der Waals surface area contributed by atoms with Gasteiger partial charge >= 0.3 is 0 Å². The van der Waals surface area contributed by atoms with Crippen LogP contribution in [0.4, 0.5) is 0 Å². The molecule has 0 aliphatic carbocycles. The smallest absolute Gasteiger partial charge is 0.0707 e. The summed E-state index contributed by atoms with van der Waals surface area (Å²) in [7, 11) is 0. The highest BCUT2D eigenvalue weighted by atomic mass is 16.3. The van der Waals surface area contributed by atoms with Crippen molar-refractivity contribution in [3.8, 4) is 0 Å². The molecule has 1 aliphatic heterocycles. The molecular weight excluding hydrogens is 138 g/mol. The Morgan fingerprint density at radius 3 is 2.73 bits per heavy atom. The molecule has 0 spiro atoms. The molecule has 1 heterocycles. The number of hydrogen-bond donors (Lipinski definition) is 2. The van der Waals surface area contributed by atoms with Crippen molar-refractivity contribution >= 4 is 0 Å². The molecular formula is C9H19NO. The topological polar surface area (TPSA) is 32.3 Å². The minimum atomic E-state index is -0.100. The van der Waals surface area contributed by atoms with Crippen LogP contribution >= 0.6 is 0 Å². The van der Waals surface area contributed by atoms with Crippen LogP contribution in [-0.4, -0.2) is 24.3 Å². The van der Waals surface area contributed by atoms with E-state index in [9.17, 15) is 5.11 Å². The Morgan fingerprint density at radius 2 is 2.27 bits per heavy atom. The molecule has 66 valence electrons. The zero-order chi connectivity index (χ0) is 8.27. The van der Waals surface area contributed by atoms with Crippen LogP contribution in [0.2, 0.25) is 0 Å². The lowest BCUT2D eigenvalue weighted by Gasteiger charge is -2.20. The summed E-state index contributed by atoms with van der Waals surface area (Å²) in [5.41, 5.74) is 0. The Labute approximate surface area is 69.0 Å². The Hall–Kier alpha value is -0.0800. The summed E-state index contributed by atoms with van der Waals surface area (Å²) in [5.74, 6) is 1.17. The van der Waals surface area contributed by atoms with Crippen LogP contribution in [0.3, 0.4) is 0 Å². The van der Waals surface area contributed by atoms with E-state index in [0.29, 0.717) is 11.8 Å². The van der Waals surface area contributed by atoms with Crippen molar-refractivity contribution in [2.45, 2.75) is 32.8 Å². The van der Waals surface area contributed by atoms with E-state index in [1.807, 2.05) is 0 Å². The zero-order valence-electron chi connectivity index (χ0n) is 7.51. The van der Waals surface area contributed by atoms with Gasteiger partial charge in [-0.1, -0.05) is 26.7 Å². The molecule has 2 N–H and O–H groups in total. The minimum Gasteiger partial charge on any atom is -0.391 e. The van der Waals surface area contributed by atoms with Gasteiger partial charge in [-0.3, -0.25) is 0 Å². The van der Waals surface area contributed by atoms with Crippen molar-refractivity contribution in [3.63, 3.8) is 0 Å². The summed E-state index contributed by atoms with van der Waals surface area (Å²) in [6.45, 7) is 6.23. The van der Waals surface area contributed by atoms with Crippen LogP contribution in [-0.2, 0) is 0 Å². The summed E-state index contributed by atoms with van der Waals surface area (Å²) >= 11 is 0. The largest absolute Gasteiger partial charge is 0.391 e. The fourth-order valence-electron chi connectivity index (χ4n) is 1.94. The third-order valence-electron chi connectivity index (χ3n) is 2.70. The Bertz CT molecular complexity index is 116. The lowest BCUT2D eigenvalue weighted by Crippen LogP contribution is -2.24. The third-order valence-corrected chi connectivity index (χ3v) is 2.70. The Morgan fingerprint density at radius 1 is 1.55 bits per heavy atom. The lowest BCUT2D eigenvalue weighted by molar-refractivity contribution is 0.115. The first kappa shape index (κ1) is 9.01. The predicted molar refractivity (Wildman–Crippen MR) is 46.4 cm³/mol. The molecule has 0 aromatic rings. The average Bonchev–Trinajstić information content (AvgIpc) is 2.36. The second-order valence-electron chi connectivity index (χ2n) is 3.66. The molecule has 0 radical (unpaired) electrons. The molecule has 0 saturated carbocycles. The standard InChI is InChI=1S/C9H19NO/c1-3-4-7(2)8-5-10-6-9(8)11/h7-11H,3-6H2,1-2H3/t7?,8-,9+/m0/s1. The molecule has 2 heteroatoms. The van der Waals surface area contributed by atoms with E-state index in [2.05, 4.69) is 19.2 Å². The van der Waals surface area contributed by atoms with Gasteiger partial charge in [-0.15, -0.1) is 0 Å². The second-order valence-corrected chi connectivity index (χ2v) is 3.66. The fourth-order valence-corrected chi connectivity index (χ4v) is 1.94. The van der Waals surface area contributed by atoms with Crippen LogP contribution in [0.5, 0.6) is 0 Å². The van der Waals surface area contributed by atoms with Gasteiger partial charge < -0.3 is 10.4 Å². The maximum atomic E-state index is 9.52. The molecule has 0 bridgehead atoms. The Balaban J connectivity index is 2.33. The average molecular weight is 157 g/mol. The van der Waals surface area contributed by atoms with Crippen LogP contribution in [0.25, 0.3) is 0 Å². The number of rotatable bonds is 3. The summed E-state index contributed by atoms with van der Waals surface area (Å²) in [4.78, 5) is 0. The van der Waals surface area contributed by atoms with E-state index in [1.54, 1.807) is 0 Å². The molecule has 0 aromatic carbocycles. The maximum Gasteiger partial charge on any atom is 0.0707 e. The predicted octanol–water partition coefficient (Wildman–Crippen LogP) is 1.00. The van der Waals surface area contributed by atoms with Crippen molar-refractivity contribution < 1.29 is 5.11 Å². The number of β-amino-alcohol motifs (C(OH)–C–C–N with tert-alkyl or cyclic N) is 1. The molecule has 1 aliphatic rings. The van der Waals surface area contributed by atoms with E-state index in [-0.39, 0.29) is 6.10 Å². The molecule has 1 fully saturated rings. The van der Waals surface area contributed by atoms with Crippen molar-refractivity contribution in [2.24, 2.45) is 11.8 Å². The van der Waals surface area contributed by atoms with Crippen molar-refractivity contribution in [3.05, 3.63) is 0 Å². The summed E-state index contributed by atoms with van der Waals surface area (Å²) in [5, 5.41) is 12.7. The summed E-state index contributed by atoms with van der Waals surface area (Å²) in [6.07, 6.45) is 2.37. The van der Waals surface area contributed by atoms with E-state index >= 15 is 0 Å². The van der Waals surface area contributed by atoms with Gasteiger partial charge in [0.05, 0.1) is 6.10 Å². The highest BCUT2D eigenvalue weighted by molar-refractivity contribution is 4.83. The van der Waals surface area contributed by atoms with Gasteiger partial charge in [-0.2, -0.15) is 0 Å². The monoisotopic (exact) mass is 157 g/mol. The van der Waals surface area contributed by atoms with Gasteiger partial charge in [-0.25, -0.2) is 0 Å². The van der Waals surface area contributed by atoms with E-state index < -0.39 is 0 Å². The van der Waals surface area contributed by atoms with Crippen LogP contribution < -0.4 is 5.32 Å². The first-order valence-corrected chi connectivity index (χ1v) is 4.64. The molecule has 11 heavy (non-hydrogen) atoms. The van der Waals surface area contributed by atoms with Crippen molar-refractivity contribution in [2.75, 3.05) is 13.1 Å². The lowest BCUT2D eigenvalue weighted by atomic mass is 9.88. The first-order chi connectivity index (χ1) is 5.25. The van der Waals surface area contributed by atoms with Crippen LogP contribution in [0.15, 0.2) is 0 Å².